The van der Waals surface area contributed by atoms with E-state index in [2.05, 4.69) is 25.5 Å². The van der Waals surface area contributed by atoms with Crippen LogP contribution >= 0.6 is 34.9 Å². The number of thiazole rings is 1. The van der Waals surface area contributed by atoms with Crippen LogP contribution in [-0.2, 0) is 37.2 Å². The van der Waals surface area contributed by atoms with Gasteiger partial charge in [0.2, 0.25) is 11.5 Å². The first-order chi connectivity index (χ1) is 21.8. The molecule has 2 aliphatic heterocycles. The van der Waals surface area contributed by atoms with Crippen LogP contribution in [0.15, 0.2) is 27.8 Å². The van der Waals surface area contributed by atoms with Crippen molar-refractivity contribution in [2.24, 2.45) is 16.4 Å². The van der Waals surface area contributed by atoms with Gasteiger partial charge in [-0.1, -0.05) is 5.16 Å². The van der Waals surface area contributed by atoms with Crippen LogP contribution in [0.2, 0.25) is 0 Å². The van der Waals surface area contributed by atoms with Gasteiger partial charge in [0.1, 0.15) is 27.6 Å². The van der Waals surface area contributed by atoms with E-state index < -0.39 is 46.1 Å². The fourth-order valence-electron chi connectivity index (χ4n) is 4.63. The maximum Gasteiger partial charge on any atom is 0.313 e. The lowest BCUT2D eigenvalue weighted by Crippen LogP contribution is -2.74. The van der Waals surface area contributed by atoms with Crippen LogP contribution in [0.25, 0.3) is 5.65 Å². The van der Waals surface area contributed by atoms with E-state index in [0.29, 0.717) is 21.9 Å². The van der Waals surface area contributed by atoms with E-state index in [1.54, 1.807) is 6.07 Å². The minimum absolute atomic E-state index is 0.0483. The maximum absolute atomic E-state index is 13.4. The Labute approximate surface area is 272 Å². The van der Waals surface area contributed by atoms with Gasteiger partial charge in [-0.25, -0.2) is 20.3 Å². The van der Waals surface area contributed by atoms with Crippen LogP contribution in [0, 0.1) is 5.41 Å². The molecular formula is C25H30N10O8S3. The highest BCUT2D eigenvalue weighted by Crippen LogP contribution is 2.44. The van der Waals surface area contributed by atoms with E-state index in [4.69, 9.17) is 16.4 Å². The van der Waals surface area contributed by atoms with Crippen LogP contribution in [0.4, 0.5) is 5.13 Å². The first kappa shape index (κ1) is 33.3. The van der Waals surface area contributed by atoms with Gasteiger partial charge in [0.25, 0.3) is 11.8 Å². The Morgan fingerprint density at radius 2 is 2.04 bits per heavy atom. The lowest BCUT2D eigenvalue weighted by Gasteiger charge is -2.53. The third-order valence-electron chi connectivity index (χ3n) is 7.30. The highest BCUT2D eigenvalue weighted by Gasteiger charge is 2.57. The second kappa shape index (κ2) is 13.0. The summed E-state index contributed by atoms with van der Waals surface area (Å²) in [5.74, 6) is 2.24. The minimum atomic E-state index is -1.55. The lowest BCUT2D eigenvalue weighted by molar-refractivity contribution is -0.157. The number of oxime groups is 1. The number of carbonyl (C=O) groups excluding carboxylic acids is 3. The molecule has 0 radical (unpaired) electrons. The van der Waals surface area contributed by atoms with Crippen molar-refractivity contribution < 1.29 is 39.3 Å². The summed E-state index contributed by atoms with van der Waals surface area (Å²) in [4.78, 5) is 66.4. The van der Waals surface area contributed by atoms with Crippen molar-refractivity contribution in [2.45, 2.75) is 49.1 Å². The van der Waals surface area contributed by atoms with E-state index in [-0.39, 0.29) is 47.8 Å². The molecule has 0 spiro atoms. The van der Waals surface area contributed by atoms with Crippen LogP contribution in [-0.4, -0.2) is 104 Å². The number of rotatable bonds is 12. The van der Waals surface area contributed by atoms with Crippen LogP contribution < -0.4 is 22.3 Å². The summed E-state index contributed by atoms with van der Waals surface area (Å²) >= 11 is 3.43. The molecule has 21 heteroatoms. The standard InChI is InChI=1S/C25H30N10O8S3/c1-24(2,21(40)32-27)43-33-15(13-7-44-23(26)30-13)18(38)31-16-19(39)34-8-25(22(41)42,10-46-20(16)34)9-45-14-3-12(6-37)29-17-11(5-36)4-28-35(14)17/h3-4,7,16,20,36-37H,5-6,8-10,27H2,1-2H3,(H2,26,30)(H,31,38)(H,32,40)(H,41,42)/t16?,20-,25?/m1/s1. The Morgan fingerprint density at radius 3 is 2.67 bits per heavy atom. The summed E-state index contributed by atoms with van der Waals surface area (Å²) in [5, 5.41) is 41.9. The van der Waals surface area contributed by atoms with Crippen molar-refractivity contribution in [3.05, 3.63) is 34.6 Å². The summed E-state index contributed by atoms with van der Waals surface area (Å²) in [6, 6.07) is 0.592. The molecule has 0 saturated carbocycles. The molecular weight excluding hydrogens is 665 g/mol. The summed E-state index contributed by atoms with van der Waals surface area (Å²) in [6.45, 7) is 1.96. The second-order valence-corrected chi connectivity index (χ2v) is 13.9. The number of fused-ring (bicyclic) bond motifs is 2. The third kappa shape index (κ3) is 6.20. The number of nitrogens with zero attached hydrogens (tertiary/aromatic N) is 6. The molecule has 0 aliphatic carbocycles. The van der Waals surface area contributed by atoms with Gasteiger partial charge in [-0.15, -0.1) is 34.9 Å². The number of β-lactam (4-membered cyclic amide) rings is 1. The number of aliphatic hydroxyl groups is 2. The smallest absolute Gasteiger partial charge is 0.313 e. The molecule has 9 N–H and O–H groups in total. The monoisotopic (exact) mass is 694 g/mol. The molecule has 2 fully saturated rings. The lowest BCUT2D eigenvalue weighted by atomic mass is 9.89. The summed E-state index contributed by atoms with van der Waals surface area (Å²) in [5.41, 5.74) is 5.62. The van der Waals surface area contributed by atoms with Crippen LogP contribution in [0.3, 0.4) is 0 Å². The second-order valence-electron chi connectivity index (χ2n) is 10.9. The number of hydrazine groups is 1. The van der Waals surface area contributed by atoms with Gasteiger partial charge >= 0.3 is 5.97 Å². The van der Waals surface area contributed by atoms with Gasteiger partial charge in [0.05, 0.1) is 25.1 Å². The van der Waals surface area contributed by atoms with Gasteiger partial charge in [-0.2, -0.15) is 5.10 Å². The minimum Gasteiger partial charge on any atom is -0.481 e. The number of nitrogen functional groups attached to an aromatic ring is 1. The number of thioether (sulfide) groups is 2. The average molecular weight is 695 g/mol. The van der Waals surface area contributed by atoms with Crippen molar-refractivity contribution in [1.29, 1.82) is 0 Å². The van der Waals surface area contributed by atoms with Crippen LogP contribution in [0.1, 0.15) is 30.8 Å². The molecule has 3 amide bonds. The number of hydrogen-bond donors (Lipinski definition) is 7. The van der Waals surface area contributed by atoms with E-state index >= 15 is 0 Å². The van der Waals surface area contributed by atoms with Gasteiger partial charge in [-0.05, 0) is 19.9 Å². The Hall–Kier alpha value is -4.02. The van der Waals surface area contributed by atoms with Gasteiger partial charge < -0.3 is 36.1 Å². The number of hydrogen-bond acceptors (Lipinski definition) is 16. The summed E-state index contributed by atoms with van der Waals surface area (Å²) < 4.78 is 1.46. The number of carbonyl (C=O) groups is 4. The highest BCUT2D eigenvalue weighted by atomic mass is 32.2. The Bertz CT molecular complexity index is 1730. The summed E-state index contributed by atoms with van der Waals surface area (Å²) in [6.07, 6.45) is 1.44. The molecule has 46 heavy (non-hydrogen) atoms. The molecule has 3 aromatic heterocycles. The number of carboxylic acid groups (broad SMARTS) is 1. The molecule has 5 rings (SSSR count). The van der Waals surface area contributed by atoms with Gasteiger partial charge in [0, 0.05) is 29.0 Å². The summed E-state index contributed by atoms with van der Waals surface area (Å²) in [7, 11) is 0. The molecule has 3 atom stereocenters. The van der Waals surface area contributed by atoms with E-state index in [1.165, 1.54) is 58.4 Å². The van der Waals surface area contributed by atoms with Crippen molar-refractivity contribution in [3.8, 4) is 0 Å². The largest absolute Gasteiger partial charge is 0.481 e. The molecule has 18 nitrogen and oxygen atoms in total. The molecule has 2 saturated heterocycles. The quantitative estimate of drug-likeness (QED) is 0.0216. The fraction of sp³-hybridized carbons (Fsp3) is 0.440. The molecule has 5 heterocycles. The van der Waals surface area contributed by atoms with Crippen molar-refractivity contribution >= 4 is 75.0 Å². The van der Waals surface area contributed by atoms with E-state index in [9.17, 15) is 34.5 Å². The number of amides is 3. The third-order valence-corrected chi connectivity index (χ3v) is 10.8. The number of aliphatic hydroxyl groups excluding tert-OH is 2. The maximum atomic E-state index is 13.4. The molecule has 2 unspecified atom stereocenters. The zero-order chi connectivity index (χ0) is 33.4. The topological polar surface area (TPSA) is 273 Å². The molecule has 0 bridgehead atoms. The fourth-order valence-corrected chi connectivity index (χ4v) is 8.06. The van der Waals surface area contributed by atoms with Gasteiger partial charge in [0.15, 0.2) is 16.5 Å². The van der Waals surface area contributed by atoms with E-state index in [0.717, 1.165) is 11.3 Å². The number of aromatic nitrogens is 4. The average Bonchev–Trinajstić information content (AvgIpc) is 3.67. The SMILES string of the molecule is CC(C)(ON=C(C(=O)NC1C(=O)N2CC(CSc3cc(CO)nc4c(CO)cnn34)(C(=O)O)CS[C@H]12)c1csc(N)n1)C(=O)NN. The number of nitrogens with one attached hydrogen (secondary N) is 2. The van der Waals surface area contributed by atoms with Crippen LogP contribution in [0.5, 0.6) is 0 Å². The van der Waals surface area contributed by atoms with Crippen molar-refractivity contribution in [1.82, 2.24) is 35.2 Å². The molecule has 2 aliphatic rings. The zero-order valence-electron chi connectivity index (χ0n) is 24.4. The van der Waals surface area contributed by atoms with Crippen molar-refractivity contribution in [3.63, 3.8) is 0 Å². The highest BCUT2D eigenvalue weighted by molar-refractivity contribution is 8.00. The molecule has 0 aromatic carbocycles. The number of aliphatic carboxylic acids is 1. The van der Waals surface area contributed by atoms with Gasteiger partial charge in [-0.3, -0.25) is 24.6 Å². The van der Waals surface area contributed by atoms with E-state index in [1.807, 2.05) is 5.43 Å². The number of nitrogens with two attached hydrogens (primary N) is 2. The first-order valence-corrected chi connectivity index (χ1v) is 16.4. The number of carboxylic acids is 1. The zero-order valence-corrected chi connectivity index (χ0v) is 26.8. The molecule has 246 valence electrons. The molecule has 3 aromatic rings. The first-order valence-electron chi connectivity index (χ1n) is 13.5. The Morgan fingerprint density at radius 1 is 1.28 bits per heavy atom. The predicted molar refractivity (Wildman–Crippen MR) is 166 cm³/mol. The Balaban J connectivity index is 1.30. The predicted octanol–water partition coefficient (Wildman–Crippen LogP) is -1.49. The van der Waals surface area contributed by atoms with Crippen molar-refractivity contribution in [2.75, 3.05) is 23.8 Å². The Kier molecular flexibility index (Phi) is 9.42. The number of anilines is 1. The normalized spacial score (nSPS) is 21.5.